The van der Waals surface area contributed by atoms with Crippen LogP contribution < -0.4 is 10.5 Å². The molecule has 0 spiro atoms. The Morgan fingerprint density at radius 3 is 2.47 bits per heavy atom. The van der Waals surface area contributed by atoms with E-state index >= 15 is 0 Å². The highest BCUT2D eigenvalue weighted by atomic mass is 32.2. The van der Waals surface area contributed by atoms with Crippen LogP contribution in [0.25, 0.3) is 0 Å². The summed E-state index contributed by atoms with van der Waals surface area (Å²) in [7, 11) is 1.73. The van der Waals surface area contributed by atoms with Gasteiger partial charge in [0, 0.05) is 16.0 Å². The Hall–Kier alpha value is -0.670. The van der Waals surface area contributed by atoms with Crippen LogP contribution in [-0.2, 0) is 5.54 Å². The van der Waals surface area contributed by atoms with Gasteiger partial charge in [-0.1, -0.05) is 12.8 Å². The fourth-order valence-electron chi connectivity index (χ4n) is 2.71. The lowest BCUT2D eigenvalue weighted by Gasteiger charge is -2.27. The molecule has 17 heavy (non-hydrogen) atoms. The van der Waals surface area contributed by atoms with Crippen molar-refractivity contribution in [2.45, 2.75) is 43.0 Å². The third-order valence-corrected chi connectivity index (χ3v) is 4.63. The van der Waals surface area contributed by atoms with Crippen molar-refractivity contribution < 1.29 is 4.74 Å². The Balaban J connectivity index is 2.50. The quantitative estimate of drug-likeness (QED) is 0.836. The van der Waals surface area contributed by atoms with Crippen LogP contribution in [0.2, 0.25) is 0 Å². The summed E-state index contributed by atoms with van der Waals surface area (Å²) in [6.45, 7) is 2.12. The molecule has 0 radical (unpaired) electrons. The second kappa shape index (κ2) is 4.91. The van der Waals surface area contributed by atoms with Crippen LogP contribution in [-0.4, -0.2) is 13.4 Å². The van der Waals surface area contributed by atoms with E-state index in [2.05, 4.69) is 25.3 Å². The highest BCUT2D eigenvalue weighted by Crippen LogP contribution is 2.42. The van der Waals surface area contributed by atoms with Gasteiger partial charge in [0.2, 0.25) is 0 Å². The minimum atomic E-state index is -0.177. The number of thioether (sulfide) groups is 1. The summed E-state index contributed by atoms with van der Waals surface area (Å²) in [6, 6.07) is 4.35. The lowest BCUT2D eigenvalue weighted by Crippen LogP contribution is -2.33. The molecule has 0 aromatic heterocycles. The normalized spacial score (nSPS) is 18.4. The topological polar surface area (TPSA) is 35.2 Å². The number of nitrogens with two attached hydrogens (primary N) is 1. The third-order valence-electron chi connectivity index (χ3n) is 3.75. The van der Waals surface area contributed by atoms with Crippen LogP contribution in [0.15, 0.2) is 17.0 Å². The largest absolute Gasteiger partial charge is 0.496 e. The minimum absolute atomic E-state index is 0.177. The zero-order valence-corrected chi connectivity index (χ0v) is 11.7. The van der Waals surface area contributed by atoms with Crippen molar-refractivity contribution in [2.24, 2.45) is 5.73 Å². The number of rotatable bonds is 3. The molecular weight excluding hydrogens is 230 g/mol. The molecule has 2 rings (SSSR count). The van der Waals surface area contributed by atoms with Crippen molar-refractivity contribution in [3.05, 3.63) is 23.3 Å². The van der Waals surface area contributed by atoms with Gasteiger partial charge in [0.05, 0.1) is 7.11 Å². The van der Waals surface area contributed by atoms with Gasteiger partial charge < -0.3 is 10.5 Å². The fourth-order valence-corrected chi connectivity index (χ4v) is 3.33. The molecule has 0 heterocycles. The van der Waals surface area contributed by atoms with Crippen LogP contribution in [0, 0.1) is 6.92 Å². The van der Waals surface area contributed by atoms with E-state index in [1.807, 2.05) is 0 Å². The summed E-state index contributed by atoms with van der Waals surface area (Å²) in [5.74, 6) is 0.949. The lowest BCUT2D eigenvalue weighted by molar-refractivity contribution is 0.378. The maximum Gasteiger partial charge on any atom is 0.124 e. The summed E-state index contributed by atoms with van der Waals surface area (Å²) in [5.41, 5.74) is 8.82. The van der Waals surface area contributed by atoms with E-state index in [1.165, 1.54) is 28.9 Å². The summed E-state index contributed by atoms with van der Waals surface area (Å²) < 4.78 is 5.51. The molecule has 1 aliphatic carbocycles. The van der Waals surface area contributed by atoms with Crippen LogP contribution >= 0.6 is 11.8 Å². The van der Waals surface area contributed by atoms with E-state index in [-0.39, 0.29) is 5.54 Å². The van der Waals surface area contributed by atoms with Crippen molar-refractivity contribution in [3.63, 3.8) is 0 Å². The van der Waals surface area contributed by atoms with Crippen LogP contribution in [0.5, 0.6) is 5.75 Å². The van der Waals surface area contributed by atoms with E-state index in [9.17, 15) is 0 Å². The van der Waals surface area contributed by atoms with Crippen molar-refractivity contribution >= 4 is 11.8 Å². The SMILES string of the molecule is COc1cc(C)c(SC)cc1C1(N)CCCC1. The van der Waals surface area contributed by atoms with Gasteiger partial charge in [0.15, 0.2) is 0 Å². The zero-order valence-electron chi connectivity index (χ0n) is 10.9. The van der Waals surface area contributed by atoms with Crippen molar-refractivity contribution in [2.75, 3.05) is 13.4 Å². The summed E-state index contributed by atoms with van der Waals surface area (Å²) in [5, 5.41) is 0. The molecule has 3 heteroatoms. The van der Waals surface area contributed by atoms with Gasteiger partial charge in [-0.2, -0.15) is 0 Å². The molecule has 1 saturated carbocycles. The maximum atomic E-state index is 6.54. The first-order valence-electron chi connectivity index (χ1n) is 6.13. The zero-order chi connectivity index (χ0) is 12.5. The Kier molecular flexibility index (Phi) is 3.69. The average molecular weight is 251 g/mol. The predicted molar refractivity (Wildman–Crippen MR) is 73.8 cm³/mol. The van der Waals surface area contributed by atoms with Gasteiger partial charge in [0.25, 0.3) is 0 Å². The molecule has 2 nitrogen and oxygen atoms in total. The molecule has 0 amide bonds. The van der Waals surface area contributed by atoms with Gasteiger partial charge in [-0.15, -0.1) is 11.8 Å². The third kappa shape index (κ3) is 2.31. The highest BCUT2D eigenvalue weighted by molar-refractivity contribution is 7.98. The standard InChI is InChI=1S/C14H21NOS/c1-10-8-12(16-2)11(9-13(10)17-3)14(15)6-4-5-7-14/h8-9H,4-7,15H2,1-3H3. The highest BCUT2D eigenvalue weighted by Gasteiger charge is 2.34. The Morgan fingerprint density at radius 1 is 1.29 bits per heavy atom. The second-order valence-electron chi connectivity index (χ2n) is 4.89. The van der Waals surface area contributed by atoms with E-state index in [1.54, 1.807) is 18.9 Å². The van der Waals surface area contributed by atoms with Crippen molar-refractivity contribution in [1.82, 2.24) is 0 Å². The molecule has 1 aromatic rings. The number of hydrogen-bond acceptors (Lipinski definition) is 3. The molecular formula is C14H21NOS. The number of benzene rings is 1. The van der Waals surface area contributed by atoms with Crippen molar-refractivity contribution in [3.8, 4) is 5.75 Å². The Bertz CT molecular complexity index is 411. The number of methoxy groups -OCH3 is 1. The molecule has 1 aliphatic rings. The van der Waals surface area contributed by atoms with E-state index in [0.29, 0.717) is 0 Å². The minimum Gasteiger partial charge on any atom is -0.496 e. The van der Waals surface area contributed by atoms with Crippen LogP contribution in [0.4, 0.5) is 0 Å². The van der Waals surface area contributed by atoms with Crippen LogP contribution in [0.3, 0.4) is 0 Å². The Morgan fingerprint density at radius 2 is 1.94 bits per heavy atom. The number of hydrogen-bond donors (Lipinski definition) is 1. The molecule has 0 atom stereocenters. The summed E-state index contributed by atoms with van der Waals surface area (Å²) >= 11 is 1.78. The molecule has 0 saturated heterocycles. The fraction of sp³-hybridized carbons (Fsp3) is 0.571. The molecule has 94 valence electrons. The monoisotopic (exact) mass is 251 g/mol. The Labute approximate surface area is 108 Å². The van der Waals surface area contributed by atoms with Gasteiger partial charge in [-0.05, 0) is 43.7 Å². The van der Waals surface area contributed by atoms with Gasteiger partial charge >= 0.3 is 0 Å². The van der Waals surface area contributed by atoms with Crippen LogP contribution in [0.1, 0.15) is 36.8 Å². The van der Waals surface area contributed by atoms with Crippen molar-refractivity contribution in [1.29, 1.82) is 0 Å². The molecule has 0 bridgehead atoms. The smallest absolute Gasteiger partial charge is 0.124 e. The summed E-state index contributed by atoms with van der Waals surface area (Å²) in [6.07, 6.45) is 6.70. The first-order valence-corrected chi connectivity index (χ1v) is 7.35. The second-order valence-corrected chi connectivity index (χ2v) is 5.73. The molecule has 0 unspecified atom stereocenters. The molecule has 0 aliphatic heterocycles. The first kappa shape index (κ1) is 12.8. The maximum absolute atomic E-state index is 6.54. The number of aryl methyl sites for hydroxylation is 1. The van der Waals surface area contributed by atoms with E-state index in [4.69, 9.17) is 10.5 Å². The first-order chi connectivity index (χ1) is 8.10. The summed E-state index contributed by atoms with van der Waals surface area (Å²) in [4.78, 5) is 1.30. The molecule has 2 N–H and O–H groups in total. The molecule has 1 aromatic carbocycles. The average Bonchev–Trinajstić information content (AvgIpc) is 2.76. The van der Waals surface area contributed by atoms with E-state index in [0.717, 1.165) is 18.6 Å². The lowest BCUT2D eigenvalue weighted by atomic mass is 9.88. The van der Waals surface area contributed by atoms with Gasteiger partial charge in [0.1, 0.15) is 5.75 Å². The number of ether oxygens (including phenoxy) is 1. The predicted octanol–water partition coefficient (Wildman–Crippen LogP) is 3.45. The van der Waals surface area contributed by atoms with E-state index < -0.39 is 0 Å². The van der Waals surface area contributed by atoms with Gasteiger partial charge in [-0.25, -0.2) is 0 Å². The molecule has 1 fully saturated rings. The van der Waals surface area contributed by atoms with Gasteiger partial charge in [-0.3, -0.25) is 0 Å².